The van der Waals surface area contributed by atoms with Crippen molar-refractivity contribution in [3.05, 3.63) is 78.3 Å². The third kappa shape index (κ3) is 4.27. The molecule has 4 aromatic heterocycles. The lowest BCUT2D eigenvalue weighted by Gasteiger charge is -2.12. The lowest BCUT2D eigenvalue weighted by molar-refractivity contribution is 0.176. The fourth-order valence-corrected chi connectivity index (χ4v) is 3.96. The highest BCUT2D eigenvalue weighted by molar-refractivity contribution is 5.83. The maximum absolute atomic E-state index is 13.6. The van der Waals surface area contributed by atoms with Crippen LogP contribution in [0.25, 0.3) is 34.0 Å². The molecule has 0 saturated heterocycles. The van der Waals surface area contributed by atoms with Crippen molar-refractivity contribution < 1.29 is 18.7 Å². The van der Waals surface area contributed by atoms with Gasteiger partial charge in [0.15, 0.2) is 11.6 Å². The maximum Gasteiger partial charge on any atom is 0.412 e. The van der Waals surface area contributed by atoms with E-state index in [2.05, 4.69) is 30.2 Å². The van der Waals surface area contributed by atoms with Crippen molar-refractivity contribution in [2.45, 2.75) is 13.5 Å². The van der Waals surface area contributed by atoms with Crippen LogP contribution in [0.5, 0.6) is 0 Å². The normalized spacial score (nSPS) is 11.1. The van der Waals surface area contributed by atoms with Gasteiger partial charge in [-0.1, -0.05) is 0 Å². The van der Waals surface area contributed by atoms with Crippen LogP contribution in [0.1, 0.15) is 11.4 Å². The van der Waals surface area contributed by atoms with Gasteiger partial charge in [-0.15, -0.1) is 10.2 Å². The van der Waals surface area contributed by atoms with Crippen LogP contribution in [-0.4, -0.2) is 49.4 Å². The number of imidazole rings is 1. The van der Waals surface area contributed by atoms with Gasteiger partial charge in [0.1, 0.15) is 23.9 Å². The van der Waals surface area contributed by atoms with Gasteiger partial charge in [0.25, 0.3) is 0 Å². The van der Waals surface area contributed by atoms with E-state index in [9.17, 15) is 9.18 Å². The quantitative estimate of drug-likeness (QED) is 0.378. The summed E-state index contributed by atoms with van der Waals surface area (Å²) >= 11 is 0. The van der Waals surface area contributed by atoms with E-state index in [0.717, 1.165) is 28.0 Å². The van der Waals surface area contributed by atoms with E-state index in [-0.39, 0.29) is 12.4 Å². The Morgan fingerprint density at radius 1 is 1.03 bits per heavy atom. The van der Waals surface area contributed by atoms with Gasteiger partial charge in [0.2, 0.25) is 0 Å². The van der Waals surface area contributed by atoms with Gasteiger partial charge in [-0.25, -0.2) is 19.2 Å². The number of anilines is 1. The van der Waals surface area contributed by atoms with Crippen LogP contribution in [0.2, 0.25) is 0 Å². The molecular weight excluding hydrogens is 465 g/mol. The molecular formula is C25H22FN7O3. The lowest BCUT2D eigenvalue weighted by atomic mass is 10.1. The predicted octanol–water partition coefficient (Wildman–Crippen LogP) is 4.42. The summed E-state index contributed by atoms with van der Waals surface area (Å²) < 4.78 is 27.3. The number of halogens is 1. The van der Waals surface area contributed by atoms with Gasteiger partial charge >= 0.3 is 6.09 Å². The van der Waals surface area contributed by atoms with E-state index < -0.39 is 6.09 Å². The van der Waals surface area contributed by atoms with Gasteiger partial charge < -0.3 is 9.47 Å². The van der Waals surface area contributed by atoms with Crippen molar-refractivity contribution in [2.75, 3.05) is 19.5 Å². The molecule has 1 amide bonds. The van der Waals surface area contributed by atoms with E-state index in [1.807, 2.05) is 34.2 Å². The zero-order chi connectivity index (χ0) is 25.2. The van der Waals surface area contributed by atoms with E-state index in [1.54, 1.807) is 37.7 Å². The number of nitrogens with one attached hydrogen (secondary N) is 1. The number of carbonyl (C=O) groups excluding carboxylic acids is 1. The van der Waals surface area contributed by atoms with Gasteiger partial charge in [-0.05, 0) is 55.0 Å². The second kappa shape index (κ2) is 9.55. The van der Waals surface area contributed by atoms with Crippen LogP contribution in [0.4, 0.5) is 15.0 Å². The van der Waals surface area contributed by atoms with Crippen LogP contribution in [0.3, 0.4) is 0 Å². The molecule has 5 aromatic rings. The standard InChI is InChI=1S/C25H22FN7O3/c1-15-10-17(24-31-30-22(14-35-2)33(24)19-7-5-18(26)6-8-19)13-32-20(12-28-23(15)32)16-4-9-21(27-11-16)29-25(34)36-3/h4-13H,14H2,1-3H3,(H,27,29,34). The van der Waals surface area contributed by atoms with Crippen LogP contribution in [-0.2, 0) is 16.1 Å². The van der Waals surface area contributed by atoms with Gasteiger partial charge in [0.05, 0.1) is 19.0 Å². The molecule has 0 radical (unpaired) electrons. The Hall–Kier alpha value is -4.64. The number of carbonyl (C=O) groups is 1. The molecule has 10 nitrogen and oxygen atoms in total. The Kier molecular flexibility index (Phi) is 6.13. The molecule has 0 fully saturated rings. The zero-order valence-corrected chi connectivity index (χ0v) is 19.8. The number of hydrogen-bond donors (Lipinski definition) is 1. The number of pyridine rings is 2. The third-order valence-electron chi connectivity index (χ3n) is 5.61. The van der Waals surface area contributed by atoms with Gasteiger partial charge in [-0.2, -0.15) is 0 Å². The molecule has 0 unspecified atom stereocenters. The first-order valence-electron chi connectivity index (χ1n) is 11.0. The number of rotatable bonds is 6. The molecule has 4 heterocycles. The molecule has 0 spiro atoms. The molecule has 0 aliphatic heterocycles. The average molecular weight is 487 g/mol. The number of aromatic nitrogens is 6. The summed E-state index contributed by atoms with van der Waals surface area (Å²) in [5, 5.41) is 11.3. The minimum atomic E-state index is -0.594. The van der Waals surface area contributed by atoms with Crippen molar-refractivity contribution in [3.8, 4) is 28.3 Å². The number of methoxy groups -OCH3 is 2. The first-order chi connectivity index (χ1) is 17.5. The van der Waals surface area contributed by atoms with Crippen molar-refractivity contribution >= 4 is 17.6 Å². The zero-order valence-electron chi connectivity index (χ0n) is 19.8. The van der Waals surface area contributed by atoms with Crippen LogP contribution in [0.15, 0.2) is 61.1 Å². The van der Waals surface area contributed by atoms with Crippen LogP contribution < -0.4 is 5.32 Å². The summed E-state index contributed by atoms with van der Waals surface area (Å²) in [7, 11) is 2.87. The van der Waals surface area contributed by atoms with Crippen molar-refractivity contribution in [2.24, 2.45) is 0 Å². The van der Waals surface area contributed by atoms with Crippen LogP contribution in [0, 0.1) is 12.7 Å². The van der Waals surface area contributed by atoms with E-state index in [1.165, 1.54) is 19.2 Å². The highest BCUT2D eigenvalue weighted by Gasteiger charge is 2.18. The third-order valence-corrected chi connectivity index (χ3v) is 5.61. The number of ether oxygens (including phenoxy) is 2. The molecule has 0 aliphatic rings. The smallest absolute Gasteiger partial charge is 0.412 e. The van der Waals surface area contributed by atoms with Crippen molar-refractivity contribution in [1.82, 2.24) is 29.1 Å². The molecule has 182 valence electrons. The fourth-order valence-electron chi connectivity index (χ4n) is 3.96. The highest BCUT2D eigenvalue weighted by atomic mass is 19.1. The molecule has 5 rings (SSSR count). The predicted molar refractivity (Wildman–Crippen MR) is 130 cm³/mol. The first-order valence-corrected chi connectivity index (χ1v) is 11.0. The molecule has 0 saturated carbocycles. The summed E-state index contributed by atoms with van der Waals surface area (Å²) in [5.74, 6) is 1.20. The highest BCUT2D eigenvalue weighted by Crippen LogP contribution is 2.29. The summed E-state index contributed by atoms with van der Waals surface area (Å²) in [6, 6.07) is 11.6. The fraction of sp³-hybridized carbons (Fsp3) is 0.160. The minimum absolute atomic E-state index is 0.236. The number of hydrogen-bond acceptors (Lipinski definition) is 7. The first kappa shape index (κ1) is 23.1. The molecule has 0 aliphatic carbocycles. The molecule has 1 N–H and O–H groups in total. The number of aryl methyl sites for hydroxylation is 1. The summed E-state index contributed by atoms with van der Waals surface area (Å²) in [6.07, 6.45) is 4.74. The number of amides is 1. The Morgan fingerprint density at radius 2 is 1.83 bits per heavy atom. The summed E-state index contributed by atoms with van der Waals surface area (Å²) in [5.41, 5.74) is 4.81. The van der Waals surface area contributed by atoms with Crippen molar-refractivity contribution in [3.63, 3.8) is 0 Å². The second-order valence-electron chi connectivity index (χ2n) is 7.98. The molecule has 0 atom stereocenters. The molecule has 0 bridgehead atoms. The maximum atomic E-state index is 13.6. The Morgan fingerprint density at radius 3 is 2.53 bits per heavy atom. The Bertz CT molecular complexity index is 1540. The monoisotopic (exact) mass is 487 g/mol. The molecule has 1 aromatic carbocycles. The number of benzene rings is 1. The molecule has 36 heavy (non-hydrogen) atoms. The van der Waals surface area contributed by atoms with E-state index in [4.69, 9.17) is 4.74 Å². The molecule has 11 heteroatoms. The van der Waals surface area contributed by atoms with Crippen LogP contribution >= 0.6 is 0 Å². The van der Waals surface area contributed by atoms with Crippen molar-refractivity contribution in [1.29, 1.82) is 0 Å². The SMILES string of the molecule is COCc1nnc(-c2cc(C)c3ncc(-c4ccc(NC(=O)OC)nc4)n3c2)n1-c1ccc(F)cc1. The van der Waals surface area contributed by atoms with E-state index >= 15 is 0 Å². The minimum Gasteiger partial charge on any atom is -0.453 e. The number of nitrogens with zero attached hydrogens (tertiary/aromatic N) is 6. The van der Waals surface area contributed by atoms with Gasteiger partial charge in [-0.3, -0.25) is 14.3 Å². The van der Waals surface area contributed by atoms with E-state index in [0.29, 0.717) is 23.2 Å². The Labute approximate surface area is 205 Å². The summed E-state index contributed by atoms with van der Waals surface area (Å²) in [6.45, 7) is 2.20. The average Bonchev–Trinajstić information content (AvgIpc) is 3.50. The second-order valence-corrected chi connectivity index (χ2v) is 7.98. The Balaban J connectivity index is 1.61. The van der Waals surface area contributed by atoms with Gasteiger partial charge in [0, 0.05) is 36.3 Å². The lowest BCUT2D eigenvalue weighted by Crippen LogP contribution is -2.11. The number of fused-ring (bicyclic) bond motifs is 1. The summed E-state index contributed by atoms with van der Waals surface area (Å²) in [4.78, 5) is 20.3. The topological polar surface area (TPSA) is 108 Å². The largest absolute Gasteiger partial charge is 0.453 e.